The van der Waals surface area contributed by atoms with Crippen molar-refractivity contribution in [2.24, 2.45) is 0 Å². The van der Waals surface area contributed by atoms with Crippen molar-refractivity contribution < 1.29 is 9.53 Å². The maximum absolute atomic E-state index is 12.7. The number of carbonyl (C=O) groups excluding carboxylic acids is 1. The lowest BCUT2D eigenvalue weighted by atomic mass is 10.1. The van der Waals surface area contributed by atoms with E-state index in [2.05, 4.69) is 20.3 Å². The summed E-state index contributed by atoms with van der Waals surface area (Å²) in [6.07, 6.45) is 4.97. The molecule has 1 N–H and O–H groups in total. The van der Waals surface area contributed by atoms with Gasteiger partial charge in [-0.1, -0.05) is 12.1 Å². The van der Waals surface area contributed by atoms with Crippen molar-refractivity contribution in [3.05, 3.63) is 60.6 Å². The zero-order valence-corrected chi connectivity index (χ0v) is 15.7. The van der Waals surface area contributed by atoms with Gasteiger partial charge in [-0.3, -0.25) is 9.78 Å². The molecule has 3 aromatic rings. The number of benzene rings is 1. The summed E-state index contributed by atoms with van der Waals surface area (Å²) in [6, 6.07) is 11.2. The van der Waals surface area contributed by atoms with E-state index in [9.17, 15) is 4.79 Å². The molecule has 2 aromatic heterocycles. The van der Waals surface area contributed by atoms with E-state index >= 15 is 0 Å². The third-order valence-corrected chi connectivity index (χ3v) is 4.14. The summed E-state index contributed by atoms with van der Waals surface area (Å²) >= 11 is 0. The Hall–Kier alpha value is -3.19. The fraction of sp³-hybridized carbons (Fsp3) is 0.250. The maximum Gasteiger partial charge on any atom is 0.258 e. The van der Waals surface area contributed by atoms with Crippen LogP contribution in [0.3, 0.4) is 0 Å². The van der Waals surface area contributed by atoms with Crippen LogP contribution < -0.4 is 10.1 Å². The molecule has 0 aliphatic rings. The summed E-state index contributed by atoms with van der Waals surface area (Å²) in [5, 5.41) is 7.17. The largest absolute Gasteiger partial charge is 0.497 e. The molecule has 0 unspecified atom stereocenters. The number of methoxy groups -OCH3 is 1. The summed E-state index contributed by atoms with van der Waals surface area (Å²) in [5.41, 5.74) is 2.32. The molecule has 0 atom stereocenters. The molecule has 1 amide bonds. The number of anilines is 1. The zero-order valence-electron chi connectivity index (χ0n) is 15.7. The number of hydrogen-bond donors (Lipinski definition) is 1. The fourth-order valence-corrected chi connectivity index (χ4v) is 2.61. The van der Waals surface area contributed by atoms with Crippen LogP contribution in [0.5, 0.6) is 5.75 Å². The van der Waals surface area contributed by atoms with Crippen LogP contribution in [0.2, 0.25) is 0 Å². The fourth-order valence-electron chi connectivity index (χ4n) is 2.61. The first-order valence-corrected chi connectivity index (χ1v) is 8.64. The molecule has 1 aromatic carbocycles. The van der Waals surface area contributed by atoms with Gasteiger partial charge in [0.15, 0.2) is 0 Å². The van der Waals surface area contributed by atoms with Gasteiger partial charge >= 0.3 is 0 Å². The number of aromatic nitrogens is 3. The van der Waals surface area contributed by atoms with Crippen molar-refractivity contribution in [2.45, 2.75) is 6.54 Å². The van der Waals surface area contributed by atoms with Crippen molar-refractivity contribution in [3.63, 3.8) is 0 Å². The second-order valence-corrected chi connectivity index (χ2v) is 6.39. The molecule has 0 saturated carbocycles. The average Bonchev–Trinajstić information content (AvgIpc) is 3.13. The molecule has 3 rings (SSSR count). The molecule has 0 aliphatic carbocycles. The van der Waals surface area contributed by atoms with Crippen LogP contribution in [-0.2, 0) is 6.54 Å². The van der Waals surface area contributed by atoms with Crippen molar-refractivity contribution in [1.29, 1.82) is 0 Å². The first-order valence-electron chi connectivity index (χ1n) is 8.64. The molecular formula is C20H23N5O2. The first-order chi connectivity index (χ1) is 13.1. The number of carbonyl (C=O) groups is 1. The van der Waals surface area contributed by atoms with Crippen molar-refractivity contribution >= 4 is 11.7 Å². The van der Waals surface area contributed by atoms with Gasteiger partial charge in [0, 0.05) is 30.6 Å². The molecule has 140 valence electrons. The second kappa shape index (κ2) is 8.46. The minimum absolute atomic E-state index is 0.218. The summed E-state index contributed by atoms with van der Waals surface area (Å²) in [4.78, 5) is 18.9. The predicted octanol–water partition coefficient (Wildman–Crippen LogP) is 2.77. The standard InChI is InChI=1S/C20H23N5O2/c1-24(2)10-11-25-19(8-9-22-25)23-20(26)17-12-16(13-21-14-17)15-4-6-18(27-3)7-5-15/h4-9,12-14H,10-11H2,1-3H3,(H,23,26). The molecule has 0 radical (unpaired) electrons. The molecular weight excluding hydrogens is 342 g/mol. The highest BCUT2D eigenvalue weighted by molar-refractivity contribution is 6.04. The number of nitrogens with zero attached hydrogens (tertiary/aromatic N) is 4. The van der Waals surface area contributed by atoms with Crippen molar-refractivity contribution in [1.82, 2.24) is 19.7 Å². The number of pyridine rings is 1. The Morgan fingerprint density at radius 2 is 1.93 bits per heavy atom. The highest BCUT2D eigenvalue weighted by Gasteiger charge is 2.11. The van der Waals surface area contributed by atoms with E-state index < -0.39 is 0 Å². The van der Waals surface area contributed by atoms with Crippen LogP contribution in [0.25, 0.3) is 11.1 Å². The molecule has 2 heterocycles. The maximum atomic E-state index is 12.7. The van der Waals surface area contributed by atoms with E-state index in [1.165, 1.54) is 0 Å². The van der Waals surface area contributed by atoms with Crippen LogP contribution in [0.1, 0.15) is 10.4 Å². The molecule has 0 saturated heterocycles. The highest BCUT2D eigenvalue weighted by Crippen LogP contribution is 2.22. The Labute approximate surface area is 158 Å². The quantitative estimate of drug-likeness (QED) is 0.697. The third kappa shape index (κ3) is 4.71. The summed E-state index contributed by atoms with van der Waals surface area (Å²) in [6.45, 7) is 1.53. The van der Waals surface area contributed by atoms with Gasteiger partial charge in [0.2, 0.25) is 0 Å². The predicted molar refractivity (Wildman–Crippen MR) is 105 cm³/mol. The third-order valence-electron chi connectivity index (χ3n) is 4.14. The van der Waals surface area contributed by atoms with Gasteiger partial charge in [-0.2, -0.15) is 5.10 Å². The lowest BCUT2D eigenvalue weighted by molar-refractivity contribution is 0.102. The van der Waals surface area contributed by atoms with Crippen LogP contribution in [0, 0.1) is 0 Å². The lowest BCUT2D eigenvalue weighted by Gasteiger charge is -2.12. The van der Waals surface area contributed by atoms with Gasteiger partial charge in [-0.25, -0.2) is 4.68 Å². The van der Waals surface area contributed by atoms with Gasteiger partial charge in [-0.15, -0.1) is 0 Å². The van der Waals surface area contributed by atoms with Crippen molar-refractivity contribution in [2.75, 3.05) is 33.1 Å². The van der Waals surface area contributed by atoms with Crippen LogP contribution in [0.15, 0.2) is 55.0 Å². The molecule has 0 fully saturated rings. The van der Waals surface area contributed by atoms with E-state index in [-0.39, 0.29) is 5.91 Å². The SMILES string of the molecule is COc1ccc(-c2cncc(C(=O)Nc3ccnn3CCN(C)C)c2)cc1. The molecule has 0 spiro atoms. The number of amides is 1. The van der Waals surface area contributed by atoms with E-state index in [0.717, 1.165) is 23.4 Å². The summed E-state index contributed by atoms with van der Waals surface area (Å²) in [5.74, 6) is 1.23. The summed E-state index contributed by atoms with van der Waals surface area (Å²) < 4.78 is 6.96. The van der Waals surface area contributed by atoms with E-state index in [1.54, 1.807) is 36.4 Å². The van der Waals surface area contributed by atoms with Gasteiger partial charge in [-0.05, 0) is 37.9 Å². The first kappa shape index (κ1) is 18.6. The Kier molecular flexibility index (Phi) is 5.83. The Morgan fingerprint density at radius 1 is 1.15 bits per heavy atom. The van der Waals surface area contributed by atoms with Gasteiger partial charge in [0.25, 0.3) is 5.91 Å². The number of ether oxygens (including phenoxy) is 1. The van der Waals surface area contributed by atoms with E-state index in [0.29, 0.717) is 17.9 Å². The number of nitrogens with one attached hydrogen (secondary N) is 1. The molecule has 0 bridgehead atoms. The average molecular weight is 365 g/mol. The second-order valence-electron chi connectivity index (χ2n) is 6.39. The Balaban J connectivity index is 1.75. The van der Waals surface area contributed by atoms with E-state index in [1.807, 2.05) is 44.4 Å². The molecule has 7 nitrogen and oxygen atoms in total. The van der Waals surface area contributed by atoms with Gasteiger partial charge < -0.3 is 15.0 Å². The lowest BCUT2D eigenvalue weighted by Crippen LogP contribution is -2.21. The Morgan fingerprint density at radius 3 is 2.63 bits per heavy atom. The number of rotatable bonds is 7. The number of likely N-dealkylation sites (N-methyl/N-ethyl adjacent to an activating group) is 1. The van der Waals surface area contributed by atoms with Crippen LogP contribution in [0.4, 0.5) is 5.82 Å². The zero-order chi connectivity index (χ0) is 19.2. The minimum atomic E-state index is -0.218. The molecule has 27 heavy (non-hydrogen) atoms. The highest BCUT2D eigenvalue weighted by atomic mass is 16.5. The minimum Gasteiger partial charge on any atom is -0.497 e. The van der Waals surface area contributed by atoms with Crippen molar-refractivity contribution in [3.8, 4) is 16.9 Å². The smallest absolute Gasteiger partial charge is 0.258 e. The molecule has 0 aliphatic heterocycles. The topological polar surface area (TPSA) is 72.3 Å². The van der Waals surface area contributed by atoms with Gasteiger partial charge in [0.1, 0.15) is 11.6 Å². The van der Waals surface area contributed by atoms with Crippen LogP contribution >= 0.6 is 0 Å². The normalized spacial score (nSPS) is 10.8. The van der Waals surface area contributed by atoms with E-state index in [4.69, 9.17) is 4.74 Å². The Bertz CT molecular complexity index is 903. The summed E-state index contributed by atoms with van der Waals surface area (Å²) in [7, 11) is 5.63. The molecule has 7 heteroatoms. The van der Waals surface area contributed by atoms with Crippen LogP contribution in [-0.4, -0.2) is 53.3 Å². The monoisotopic (exact) mass is 365 g/mol. The van der Waals surface area contributed by atoms with Gasteiger partial charge in [0.05, 0.1) is 25.4 Å². The number of hydrogen-bond acceptors (Lipinski definition) is 5.